The zero-order chi connectivity index (χ0) is 13.2. The highest BCUT2D eigenvalue weighted by Crippen LogP contribution is 2.23. The van der Waals surface area contributed by atoms with E-state index in [-0.39, 0.29) is 5.69 Å². The van der Waals surface area contributed by atoms with E-state index in [2.05, 4.69) is 16.6 Å². The van der Waals surface area contributed by atoms with Crippen LogP contribution >= 0.6 is 0 Å². The molecule has 4 heteroatoms. The van der Waals surface area contributed by atoms with Gasteiger partial charge in [0.1, 0.15) is 5.82 Å². The van der Waals surface area contributed by atoms with Crippen LogP contribution in [0.15, 0.2) is 47.6 Å². The third kappa shape index (κ3) is 2.34. The molecule has 0 radical (unpaired) electrons. The van der Waals surface area contributed by atoms with Crippen LogP contribution in [0.4, 0.5) is 14.5 Å². The highest BCUT2D eigenvalue weighted by atomic mass is 19.1. The largest absolute Gasteiger partial charge is 0.275 e. The lowest BCUT2D eigenvalue weighted by Gasteiger charge is -2.04. The van der Waals surface area contributed by atoms with E-state index in [4.69, 9.17) is 0 Å². The fraction of sp³-hybridized carbons (Fsp3) is 0.133. The summed E-state index contributed by atoms with van der Waals surface area (Å²) in [6.07, 6.45) is 1.78. The molecule has 0 amide bonds. The lowest BCUT2D eigenvalue weighted by molar-refractivity contribution is 0.585. The zero-order valence-electron chi connectivity index (χ0n) is 10.2. The summed E-state index contributed by atoms with van der Waals surface area (Å²) in [5.41, 5.74) is 6.10. The number of hydrazone groups is 1. The van der Waals surface area contributed by atoms with E-state index < -0.39 is 11.6 Å². The summed E-state index contributed by atoms with van der Waals surface area (Å²) in [6.45, 7) is 0. The van der Waals surface area contributed by atoms with Crippen molar-refractivity contribution in [1.82, 2.24) is 0 Å². The number of halogens is 2. The maximum atomic E-state index is 13.4. The number of anilines is 1. The number of aryl methyl sites for hydroxylation is 1. The van der Waals surface area contributed by atoms with Crippen molar-refractivity contribution in [1.29, 1.82) is 0 Å². The van der Waals surface area contributed by atoms with Crippen LogP contribution in [-0.2, 0) is 6.42 Å². The van der Waals surface area contributed by atoms with Crippen LogP contribution in [0.25, 0.3) is 0 Å². The number of hydrogen-bond donors (Lipinski definition) is 1. The molecule has 19 heavy (non-hydrogen) atoms. The predicted molar refractivity (Wildman–Crippen MR) is 71.3 cm³/mol. The van der Waals surface area contributed by atoms with Crippen molar-refractivity contribution in [2.75, 3.05) is 5.43 Å². The van der Waals surface area contributed by atoms with Crippen LogP contribution in [0.5, 0.6) is 0 Å². The summed E-state index contributed by atoms with van der Waals surface area (Å²) in [7, 11) is 0. The quantitative estimate of drug-likeness (QED) is 0.815. The second-order valence-electron chi connectivity index (χ2n) is 4.45. The Hall–Kier alpha value is -2.23. The van der Waals surface area contributed by atoms with Gasteiger partial charge in [-0.05, 0) is 30.5 Å². The molecule has 2 nitrogen and oxygen atoms in total. The zero-order valence-corrected chi connectivity index (χ0v) is 10.2. The van der Waals surface area contributed by atoms with Gasteiger partial charge in [-0.1, -0.05) is 24.3 Å². The molecule has 0 saturated heterocycles. The summed E-state index contributed by atoms with van der Waals surface area (Å²) < 4.78 is 26.2. The molecule has 0 aliphatic heterocycles. The molecular weight excluding hydrogens is 246 g/mol. The molecule has 0 bridgehead atoms. The Balaban J connectivity index is 1.84. The van der Waals surface area contributed by atoms with Crippen LogP contribution in [0, 0.1) is 11.6 Å². The number of benzene rings is 2. The topological polar surface area (TPSA) is 24.4 Å². The lowest BCUT2D eigenvalue weighted by atomic mass is 10.1. The molecule has 1 aliphatic rings. The van der Waals surface area contributed by atoms with E-state index in [1.165, 1.54) is 17.7 Å². The molecule has 2 aromatic rings. The molecule has 2 aromatic carbocycles. The van der Waals surface area contributed by atoms with Crippen LogP contribution in [0.3, 0.4) is 0 Å². The first kappa shape index (κ1) is 11.8. The van der Waals surface area contributed by atoms with Gasteiger partial charge in [0.15, 0.2) is 5.82 Å². The summed E-state index contributed by atoms with van der Waals surface area (Å²) in [5.74, 6) is -1.24. The summed E-state index contributed by atoms with van der Waals surface area (Å²) in [6, 6.07) is 11.4. The van der Waals surface area contributed by atoms with Crippen LogP contribution < -0.4 is 5.43 Å². The van der Waals surface area contributed by atoms with E-state index in [9.17, 15) is 8.78 Å². The van der Waals surface area contributed by atoms with Crippen molar-refractivity contribution in [2.45, 2.75) is 12.8 Å². The molecule has 0 saturated carbocycles. The Bertz CT molecular complexity index is 650. The molecular formula is C15H12F2N2. The SMILES string of the molecule is Fc1ccc(N/N=C2\CCc3ccccc32)c(F)c1. The third-order valence-electron chi connectivity index (χ3n) is 3.20. The van der Waals surface area contributed by atoms with Crippen LogP contribution in [0.1, 0.15) is 17.5 Å². The minimum Gasteiger partial charge on any atom is -0.275 e. The highest BCUT2D eigenvalue weighted by molar-refractivity contribution is 6.04. The van der Waals surface area contributed by atoms with Gasteiger partial charge in [-0.3, -0.25) is 5.43 Å². The van der Waals surface area contributed by atoms with Crippen LogP contribution in [-0.4, -0.2) is 5.71 Å². The third-order valence-corrected chi connectivity index (χ3v) is 3.20. The first-order valence-corrected chi connectivity index (χ1v) is 6.10. The van der Waals surface area contributed by atoms with Gasteiger partial charge in [0.05, 0.1) is 11.4 Å². The second kappa shape index (κ2) is 4.80. The molecule has 96 valence electrons. The van der Waals surface area contributed by atoms with Gasteiger partial charge in [-0.25, -0.2) is 8.78 Å². The van der Waals surface area contributed by atoms with E-state index in [0.717, 1.165) is 30.2 Å². The molecule has 3 rings (SSSR count). The standard InChI is InChI=1S/C15H12F2N2/c16-11-6-8-15(13(17)9-11)19-18-14-7-5-10-3-1-2-4-12(10)14/h1-4,6,8-9,19H,5,7H2/b18-14+. The van der Waals surface area contributed by atoms with Gasteiger partial charge >= 0.3 is 0 Å². The first-order chi connectivity index (χ1) is 9.24. The summed E-state index contributed by atoms with van der Waals surface area (Å²) in [5, 5.41) is 4.23. The summed E-state index contributed by atoms with van der Waals surface area (Å²) >= 11 is 0. The first-order valence-electron chi connectivity index (χ1n) is 6.10. The molecule has 0 aromatic heterocycles. The fourth-order valence-corrected chi connectivity index (χ4v) is 2.23. The molecule has 1 N–H and O–H groups in total. The number of nitrogens with one attached hydrogen (secondary N) is 1. The number of hydrogen-bond acceptors (Lipinski definition) is 2. The molecule has 0 atom stereocenters. The Labute approximate surface area is 109 Å². The minimum atomic E-state index is -0.643. The Morgan fingerprint density at radius 3 is 2.68 bits per heavy atom. The van der Waals surface area contributed by atoms with Gasteiger partial charge in [0.25, 0.3) is 0 Å². The summed E-state index contributed by atoms with van der Waals surface area (Å²) in [4.78, 5) is 0. The van der Waals surface area contributed by atoms with Gasteiger partial charge in [-0.15, -0.1) is 0 Å². The Morgan fingerprint density at radius 2 is 1.84 bits per heavy atom. The van der Waals surface area contributed by atoms with E-state index in [0.29, 0.717) is 0 Å². The fourth-order valence-electron chi connectivity index (χ4n) is 2.23. The van der Waals surface area contributed by atoms with Crippen molar-refractivity contribution >= 4 is 11.4 Å². The van der Waals surface area contributed by atoms with Gasteiger partial charge < -0.3 is 0 Å². The Kier molecular flexibility index (Phi) is 2.99. The van der Waals surface area contributed by atoms with Gasteiger partial charge in [-0.2, -0.15) is 5.10 Å². The number of fused-ring (bicyclic) bond motifs is 1. The average Bonchev–Trinajstić information content (AvgIpc) is 2.81. The molecule has 0 unspecified atom stereocenters. The average molecular weight is 258 g/mol. The van der Waals surface area contributed by atoms with Crippen molar-refractivity contribution in [3.05, 3.63) is 65.2 Å². The van der Waals surface area contributed by atoms with Gasteiger partial charge in [0, 0.05) is 11.6 Å². The van der Waals surface area contributed by atoms with Crippen molar-refractivity contribution in [3.8, 4) is 0 Å². The van der Waals surface area contributed by atoms with Crippen molar-refractivity contribution in [3.63, 3.8) is 0 Å². The minimum absolute atomic E-state index is 0.179. The second-order valence-corrected chi connectivity index (χ2v) is 4.45. The lowest BCUT2D eigenvalue weighted by Crippen LogP contribution is -2.01. The maximum absolute atomic E-state index is 13.4. The van der Waals surface area contributed by atoms with Crippen molar-refractivity contribution in [2.24, 2.45) is 5.10 Å². The normalized spacial score (nSPS) is 15.6. The molecule has 0 fully saturated rings. The monoisotopic (exact) mass is 258 g/mol. The number of nitrogens with zero attached hydrogens (tertiary/aromatic N) is 1. The molecule has 0 spiro atoms. The van der Waals surface area contributed by atoms with E-state index in [1.54, 1.807) is 0 Å². The molecule has 0 heterocycles. The van der Waals surface area contributed by atoms with Crippen LogP contribution in [0.2, 0.25) is 0 Å². The van der Waals surface area contributed by atoms with E-state index >= 15 is 0 Å². The number of rotatable bonds is 2. The smallest absolute Gasteiger partial charge is 0.151 e. The predicted octanol–water partition coefficient (Wildman–Crippen LogP) is 3.73. The maximum Gasteiger partial charge on any atom is 0.151 e. The van der Waals surface area contributed by atoms with E-state index in [1.807, 2.05) is 18.2 Å². The highest BCUT2D eigenvalue weighted by Gasteiger charge is 2.16. The Morgan fingerprint density at radius 1 is 1.00 bits per heavy atom. The van der Waals surface area contributed by atoms with Crippen molar-refractivity contribution < 1.29 is 8.78 Å². The molecule has 1 aliphatic carbocycles. The van der Waals surface area contributed by atoms with Gasteiger partial charge in [0.2, 0.25) is 0 Å².